The van der Waals surface area contributed by atoms with Gasteiger partial charge in [-0.3, -0.25) is 9.69 Å². The van der Waals surface area contributed by atoms with Crippen molar-refractivity contribution in [3.8, 4) is 0 Å². The van der Waals surface area contributed by atoms with Crippen molar-refractivity contribution in [2.24, 2.45) is 0 Å². The summed E-state index contributed by atoms with van der Waals surface area (Å²) in [6.45, 7) is 2.10. The van der Waals surface area contributed by atoms with E-state index in [0.29, 0.717) is 12.2 Å². The average molecular weight is 424 g/mol. The number of carbonyl (C=O) groups is 1. The van der Waals surface area contributed by atoms with E-state index in [4.69, 9.17) is 18.6 Å². The predicted octanol–water partition coefficient (Wildman–Crippen LogP) is 3.60. The van der Waals surface area contributed by atoms with Gasteiger partial charge in [0.15, 0.2) is 0 Å². The van der Waals surface area contributed by atoms with E-state index in [2.05, 4.69) is 4.90 Å². The molecule has 1 saturated carbocycles. The number of furan rings is 1. The molecule has 0 spiro atoms. The fourth-order valence-electron chi connectivity index (χ4n) is 4.64. The second-order valence-electron chi connectivity index (χ2n) is 7.79. The molecule has 6 nitrogen and oxygen atoms in total. The lowest BCUT2D eigenvalue weighted by molar-refractivity contribution is -0.165. The number of esters is 1. The summed E-state index contributed by atoms with van der Waals surface area (Å²) in [5, 5.41) is 1.00. The standard InChI is InChI=1S/C22H29NO5.ClH/c1-25-20-13-17(23-9-5-6-10-23)19(14-21(20)26-2)28-22(24)12-16-11-15-7-3-4-8-18(15)27-16;/h3-4,7-8,11,17,19-21H,5-6,9-10,12-14H2,1-2H3;1H. The third-order valence-electron chi connectivity index (χ3n) is 6.08. The zero-order chi connectivity index (χ0) is 19.5. The van der Waals surface area contributed by atoms with Gasteiger partial charge in [-0.15, -0.1) is 12.4 Å². The highest BCUT2D eigenvalue weighted by molar-refractivity contribution is 5.85. The number of fused-ring (bicyclic) bond motifs is 1. The lowest BCUT2D eigenvalue weighted by Crippen LogP contribution is -2.54. The van der Waals surface area contributed by atoms with E-state index < -0.39 is 0 Å². The molecule has 1 aromatic heterocycles. The first kappa shape index (κ1) is 22.1. The van der Waals surface area contributed by atoms with Gasteiger partial charge in [-0.05, 0) is 44.5 Å². The molecule has 0 radical (unpaired) electrons. The van der Waals surface area contributed by atoms with E-state index in [9.17, 15) is 4.79 Å². The second kappa shape index (κ2) is 9.94. The molecule has 160 valence electrons. The molecule has 29 heavy (non-hydrogen) atoms. The monoisotopic (exact) mass is 423 g/mol. The van der Waals surface area contributed by atoms with Gasteiger partial charge in [-0.1, -0.05) is 18.2 Å². The van der Waals surface area contributed by atoms with E-state index in [-0.39, 0.29) is 49.2 Å². The van der Waals surface area contributed by atoms with Crippen LogP contribution >= 0.6 is 12.4 Å². The Balaban J connectivity index is 0.00000240. The van der Waals surface area contributed by atoms with Crippen molar-refractivity contribution in [1.29, 1.82) is 0 Å². The number of methoxy groups -OCH3 is 2. The van der Waals surface area contributed by atoms with Gasteiger partial charge in [0, 0.05) is 32.1 Å². The van der Waals surface area contributed by atoms with Crippen LogP contribution in [0.2, 0.25) is 0 Å². The number of para-hydroxylation sites is 1. The number of hydrogen-bond acceptors (Lipinski definition) is 6. The van der Waals surface area contributed by atoms with Gasteiger partial charge in [-0.25, -0.2) is 0 Å². The first-order valence-electron chi connectivity index (χ1n) is 10.1. The number of rotatable bonds is 6. The predicted molar refractivity (Wildman–Crippen MR) is 112 cm³/mol. The summed E-state index contributed by atoms with van der Waals surface area (Å²) in [6.07, 6.45) is 3.78. The summed E-state index contributed by atoms with van der Waals surface area (Å²) in [6, 6.07) is 9.86. The van der Waals surface area contributed by atoms with Gasteiger partial charge in [0.05, 0.1) is 12.2 Å². The van der Waals surface area contributed by atoms with Gasteiger partial charge >= 0.3 is 5.97 Å². The smallest absolute Gasteiger partial charge is 0.313 e. The van der Waals surface area contributed by atoms with E-state index in [0.717, 1.165) is 30.5 Å². The lowest BCUT2D eigenvalue weighted by atomic mass is 9.86. The van der Waals surface area contributed by atoms with Crippen LogP contribution in [0.4, 0.5) is 0 Å². The number of ether oxygens (including phenoxy) is 3. The molecule has 1 aliphatic heterocycles. The molecule has 1 saturated heterocycles. The highest BCUT2D eigenvalue weighted by Gasteiger charge is 2.42. The van der Waals surface area contributed by atoms with Gasteiger partial charge < -0.3 is 18.6 Å². The molecular formula is C22H30ClNO5. The Morgan fingerprint density at radius 3 is 2.45 bits per heavy atom. The van der Waals surface area contributed by atoms with Crippen LogP contribution in [0.5, 0.6) is 0 Å². The Morgan fingerprint density at radius 2 is 1.76 bits per heavy atom. The number of carbonyl (C=O) groups excluding carboxylic acids is 1. The molecule has 2 aromatic rings. The molecule has 0 amide bonds. The van der Waals surface area contributed by atoms with Crippen molar-refractivity contribution in [3.05, 3.63) is 36.1 Å². The quantitative estimate of drug-likeness (QED) is 0.661. The van der Waals surface area contributed by atoms with Gasteiger partial charge in [-0.2, -0.15) is 0 Å². The molecule has 0 bridgehead atoms. The maximum absolute atomic E-state index is 12.7. The normalized spacial score (nSPS) is 27.7. The number of halogens is 1. The number of likely N-dealkylation sites (tertiary alicyclic amines) is 1. The minimum Gasteiger partial charge on any atom is -0.460 e. The first-order chi connectivity index (χ1) is 13.7. The molecule has 0 N–H and O–H groups in total. The molecule has 1 aromatic carbocycles. The fourth-order valence-corrected chi connectivity index (χ4v) is 4.64. The van der Waals surface area contributed by atoms with Crippen molar-refractivity contribution >= 4 is 29.3 Å². The second-order valence-corrected chi connectivity index (χ2v) is 7.79. The lowest BCUT2D eigenvalue weighted by Gasteiger charge is -2.43. The van der Waals surface area contributed by atoms with E-state index in [1.807, 2.05) is 30.3 Å². The van der Waals surface area contributed by atoms with Crippen molar-refractivity contribution < 1.29 is 23.4 Å². The molecule has 2 heterocycles. The molecule has 4 unspecified atom stereocenters. The Kier molecular flexibility index (Phi) is 7.57. The highest BCUT2D eigenvalue weighted by atomic mass is 35.5. The minimum atomic E-state index is -0.251. The van der Waals surface area contributed by atoms with Crippen LogP contribution in [-0.4, -0.2) is 62.5 Å². The van der Waals surface area contributed by atoms with Crippen LogP contribution in [0.1, 0.15) is 31.4 Å². The molecule has 4 atom stereocenters. The van der Waals surface area contributed by atoms with Crippen molar-refractivity contribution in [2.75, 3.05) is 27.3 Å². The SMILES string of the molecule is COC1CC(OC(=O)Cc2cc3ccccc3o2)C(N2CCCC2)CC1OC.Cl. The van der Waals surface area contributed by atoms with Crippen LogP contribution in [0.25, 0.3) is 11.0 Å². The topological polar surface area (TPSA) is 61.1 Å². The molecular weight excluding hydrogens is 394 g/mol. The van der Waals surface area contributed by atoms with E-state index in [1.54, 1.807) is 14.2 Å². The summed E-state index contributed by atoms with van der Waals surface area (Å²) in [5.74, 6) is 0.386. The van der Waals surface area contributed by atoms with Crippen molar-refractivity contribution in [2.45, 2.75) is 56.5 Å². The zero-order valence-electron chi connectivity index (χ0n) is 17.0. The highest BCUT2D eigenvalue weighted by Crippen LogP contribution is 2.32. The zero-order valence-corrected chi connectivity index (χ0v) is 17.9. The largest absolute Gasteiger partial charge is 0.460 e. The van der Waals surface area contributed by atoms with Crippen LogP contribution in [-0.2, 0) is 25.4 Å². The van der Waals surface area contributed by atoms with Crippen molar-refractivity contribution in [3.63, 3.8) is 0 Å². The third-order valence-corrected chi connectivity index (χ3v) is 6.08. The Bertz CT molecular complexity index is 770. The van der Waals surface area contributed by atoms with E-state index >= 15 is 0 Å². The van der Waals surface area contributed by atoms with Gasteiger partial charge in [0.1, 0.15) is 23.9 Å². The third kappa shape index (κ3) is 4.94. The van der Waals surface area contributed by atoms with Crippen LogP contribution < -0.4 is 0 Å². The summed E-state index contributed by atoms with van der Waals surface area (Å²) < 4.78 is 23.0. The summed E-state index contributed by atoms with van der Waals surface area (Å²) >= 11 is 0. The molecule has 4 rings (SSSR count). The first-order valence-corrected chi connectivity index (χ1v) is 10.1. The summed E-state index contributed by atoms with van der Waals surface area (Å²) in [5.41, 5.74) is 0.792. The molecule has 7 heteroatoms. The Hall–Kier alpha value is -1.60. The molecule has 2 aliphatic rings. The van der Waals surface area contributed by atoms with Crippen LogP contribution in [0.3, 0.4) is 0 Å². The van der Waals surface area contributed by atoms with Gasteiger partial charge in [0.25, 0.3) is 0 Å². The van der Waals surface area contributed by atoms with Gasteiger partial charge in [0.2, 0.25) is 0 Å². The molecule has 1 aliphatic carbocycles. The average Bonchev–Trinajstić information content (AvgIpc) is 3.36. The number of benzene rings is 1. The van der Waals surface area contributed by atoms with Crippen molar-refractivity contribution in [1.82, 2.24) is 4.90 Å². The summed E-state index contributed by atoms with van der Waals surface area (Å²) in [7, 11) is 3.42. The summed E-state index contributed by atoms with van der Waals surface area (Å²) in [4.78, 5) is 15.1. The van der Waals surface area contributed by atoms with Crippen LogP contribution in [0, 0.1) is 0 Å². The van der Waals surface area contributed by atoms with Crippen LogP contribution in [0.15, 0.2) is 34.7 Å². The molecule has 2 fully saturated rings. The number of nitrogens with zero attached hydrogens (tertiary/aromatic N) is 1. The Morgan fingerprint density at radius 1 is 1.07 bits per heavy atom. The number of hydrogen-bond donors (Lipinski definition) is 0. The maximum atomic E-state index is 12.7. The Labute approximate surface area is 177 Å². The minimum absolute atomic E-state index is 0. The van der Waals surface area contributed by atoms with E-state index in [1.165, 1.54) is 12.8 Å². The maximum Gasteiger partial charge on any atom is 0.313 e. The fraction of sp³-hybridized carbons (Fsp3) is 0.591.